The summed E-state index contributed by atoms with van der Waals surface area (Å²) in [6.45, 7) is 1.97. The fourth-order valence-electron chi connectivity index (χ4n) is 2.86. The Hall–Kier alpha value is -1.84. The Morgan fingerprint density at radius 1 is 1.44 bits per heavy atom. The van der Waals surface area contributed by atoms with Crippen LogP contribution in [0.25, 0.3) is 0 Å². The van der Waals surface area contributed by atoms with Gasteiger partial charge in [0.05, 0.1) is 16.5 Å². The van der Waals surface area contributed by atoms with E-state index < -0.39 is 0 Å². The number of carbonyl (C=O) groups is 1. The van der Waals surface area contributed by atoms with E-state index in [2.05, 4.69) is 32.3 Å². The Balaban J connectivity index is 1.79. The molecule has 1 aromatic heterocycles. The highest BCUT2D eigenvalue weighted by Gasteiger charge is 2.23. The van der Waals surface area contributed by atoms with Crippen LogP contribution in [-0.2, 0) is 17.6 Å². The third-order valence-electron chi connectivity index (χ3n) is 4.19. The first-order valence-corrected chi connectivity index (χ1v) is 9.94. The van der Waals surface area contributed by atoms with Gasteiger partial charge >= 0.3 is 0 Å². The third kappa shape index (κ3) is 4.05. The summed E-state index contributed by atoms with van der Waals surface area (Å²) in [4.78, 5) is 17.3. The molecule has 0 radical (unpaired) electrons. The molecule has 1 heterocycles. The molecule has 0 aliphatic heterocycles. The van der Waals surface area contributed by atoms with Crippen molar-refractivity contribution in [1.29, 1.82) is 5.26 Å². The summed E-state index contributed by atoms with van der Waals surface area (Å²) in [5.41, 5.74) is 3.56. The minimum atomic E-state index is -0.300. The van der Waals surface area contributed by atoms with Crippen LogP contribution in [0.3, 0.4) is 0 Å². The number of rotatable bonds is 5. The van der Waals surface area contributed by atoms with Gasteiger partial charge in [0.1, 0.15) is 11.1 Å². The van der Waals surface area contributed by atoms with Gasteiger partial charge in [0.25, 0.3) is 0 Å². The lowest BCUT2D eigenvalue weighted by Gasteiger charge is -2.16. The molecule has 1 N–H and O–H groups in total. The number of pyridine rings is 1. The lowest BCUT2D eigenvalue weighted by atomic mass is 10.2. The number of hydrogen-bond acceptors (Lipinski definition) is 4. The number of aromatic nitrogens is 1. The zero-order chi connectivity index (χ0) is 17.8. The fourth-order valence-corrected chi connectivity index (χ4v) is 4.24. The van der Waals surface area contributed by atoms with E-state index in [9.17, 15) is 10.1 Å². The van der Waals surface area contributed by atoms with Crippen molar-refractivity contribution in [1.82, 2.24) is 4.98 Å². The first-order valence-electron chi connectivity index (χ1n) is 8.27. The molecule has 128 valence electrons. The Kier molecular flexibility index (Phi) is 5.77. The van der Waals surface area contributed by atoms with Gasteiger partial charge in [-0.2, -0.15) is 5.26 Å². The van der Waals surface area contributed by atoms with Crippen molar-refractivity contribution in [3.63, 3.8) is 0 Å². The van der Waals surface area contributed by atoms with E-state index in [0.717, 1.165) is 35.1 Å². The van der Waals surface area contributed by atoms with Gasteiger partial charge in [0, 0.05) is 10.2 Å². The molecule has 2 aromatic rings. The van der Waals surface area contributed by atoms with Gasteiger partial charge < -0.3 is 5.32 Å². The van der Waals surface area contributed by atoms with Crippen molar-refractivity contribution >= 4 is 39.3 Å². The average Bonchev–Trinajstić information content (AvgIpc) is 3.07. The van der Waals surface area contributed by atoms with Crippen LogP contribution in [0.15, 0.2) is 39.8 Å². The first kappa shape index (κ1) is 18.0. The lowest BCUT2D eigenvalue weighted by Crippen LogP contribution is -2.25. The molecular formula is C19H18BrN3OS. The molecule has 3 rings (SSSR count). The van der Waals surface area contributed by atoms with Gasteiger partial charge in [0.15, 0.2) is 0 Å². The maximum Gasteiger partial charge on any atom is 0.237 e. The summed E-state index contributed by atoms with van der Waals surface area (Å²) in [5, 5.41) is 12.8. The van der Waals surface area contributed by atoms with E-state index in [1.165, 1.54) is 17.3 Å². The molecule has 0 bridgehead atoms. The van der Waals surface area contributed by atoms with Crippen LogP contribution < -0.4 is 5.32 Å². The van der Waals surface area contributed by atoms with Gasteiger partial charge in [-0.25, -0.2) is 4.98 Å². The van der Waals surface area contributed by atoms with Crippen molar-refractivity contribution in [3.05, 3.63) is 51.6 Å². The number of para-hydroxylation sites is 1. The van der Waals surface area contributed by atoms with Crippen molar-refractivity contribution in [3.8, 4) is 6.07 Å². The average molecular weight is 416 g/mol. The Labute approximate surface area is 160 Å². The number of amides is 1. The molecule has 6 heteroatoms. The van der Waals surface area contributed by atoms with Gasteiger partial charge in [0.2, 0.25) is 5.91 Å². The Morgan fingerprint density at radius 2 is 2.24 bits per heavy atom. The van der Waals surface area contributed by atoms with Crippen LogP contribution in [0.5, 0.6) is 0 Å². The monoisotopic (exact) mass is 415 g/mol. The van der Waals surface area contributed by atoms with Crippen molar-refractivity contribution < 1.29 is 4.79 Å². The van der Waals surface area contributed by atoms with E-state index in [1.54, 1.807) is 0 Å². The van der Waals surface area contributed by atoms with Crippen LogP contribution in [0.4, 0.5) is 5.69 Å². The normalized spacial score (nSPS) is 13.8. The number of hydrogen-bond donors (Lipinski definition) is 1. The topological polar surface area (TPSA) is 65.8 Å². The molecule has 25 heavy (non-hydrogen) atoms. The number of benzene rings is 1. The SMILES string of the molecule is CCC(Sc1nc2c(cc1C#N)CCC2)C(=O)Nc1ccccc1Br. The molecule has 0 spiro atoms. The molecular weight excluding hydrogens is 398 g/mol. The maximum absolute atomic E-state index is 12.7. The first-order chi connectivity index (χ1) is 12.1. The number of fused-ring (bicyclic) bond motifs is 1. The minimum Gasteiger partial charge on any atom is -0.324 e. The molecule has 1 aromatic carbocycles. The van der Waals surface area contributed by atoms with Crippen molar-refractivity contribution in [2.24, 2.45) is 0 Å². The molecule has 1 aliphatic carbocycles. The molecule has 1 amide bonds. The van der Waals surface area contributed by atoms with Gasteiger partial charge in [-0.1, -0.05) is 30.8 Å². The summed E-state index contributed by atoms with van der Waals surface area (Å²) in [7, 11) is 0. The highest BCUT2D eigenvalue weighted by atomic mass is 79.9. The smallest absolute Gasteiger partial charge is 0.237 e. The predicted molar refractivity (Wildman–Crippen MR) is 104 cm³/mol. The highest BCUT2D eigenvalue weighted by Crippen LogP contribution is 2.32. The molecule has 1 atom stereocenters. The zero-order valence-electron chi connectivity index (χ0n) is 13.9. The fraction of sp³-hybridized carbons (Fsp3) is 0.316. The second-order valence-electron chi connectivity index (χ2n) is 5.90. The number of halogens is 1. The molecule has 0 saturated carbocycles. The van der Waals surface area contributed by atoms with Gasteiger partial charge in [-0.3, -0.25) is 4.79 Å². The summed E-state index contributed by atoms with van der Waals surface area (Å²) in [6, 6.07) is 11.7. The number of nitrogens with one attached hydrogen (secondary N) is 1. The quantitative estimate of drug-likeness (QED) is 0.717. The van der Waals surface area contributed by atoms with E-state index in [-0.39, 0.29) is 11.2 Å². The van der Waals surface area contributed by atoms with Crippen LogP contribution in [-0.4, -0.2) is 16.1 Å². The van der Waals surface area contributed by atoms with E-state index in [4.69, 9.17) is 0 Å². The van der Waals surface area contributed by atoms with E-state index in [0.29, 0.717) is 17.0 Å². The summed E-state index contributed by atoms with van der Waals surface area (Å²) in [6.07, 6.45) is 3.68. The number of nitriles is 1. The maximum atomic E-state index is 12.7. The lowest BCUT2D eigenvalue weighted by molar-refractivity contribution is -0.115. The molecule has 1 aliphatic rings. The number of thioether (sulfide) groups is 1. The highest BCUT2D eigenvalue weighted by molar-refractivity contribution is 9.10. The number of carbonyl (C=O) groups excluding carboxylic acids is 1. The van der Waals surface area contributed by atoms with Crippen LogP contribution in [0.1, 0.15) is 36.6 Å². The second-order valence-corrected chi connectivity index (χ2v) is 7.94. The molecule has 4 nitrogen and oxygen atoms in total. The van der Waals surface area contributed by atoms with E-state index >= 15 is 0 Å². The van der Waals surface area contributed by atoms with Crippen LogP contribution in [0, 0.1) is 11.3 Å². The standard InChI is InChI=1S/C19H18BrN3OS/c1-2-17(18(24)22-16-8-4-3-7-14(16)20)25-19-13(11-21)10-12-6-5-9-15(12)23-19/h3-4,7-8,10,17H,2,5-6,9H2,1H3,(H,22,24). The second kappa shape index (κ2) is 8.03. The van der Waals surface area contributed by atoms with Crippen LogP contribution in [0.2, 0.25) is 0 Å². The number of anilines is 1. The van der Waals surface area contributed by atoms with E-state index in [1.807, 2.05) is 37.3 Å². The predicted octanol–water partition coefficient (Wildman–Crippen LogP) is 4.71. The largest absolute Gasteiger partial charge is 0.324 e. The zero-order valence-corrected chi connectivity index (χ0v) is 16.3. The van der Waals surface area contributed by atoms with Crippen LogP contribution >= 0.6 is 27.7 Å². The molecule has 0 saturated heterocycles. The minimum absolute atomic E-state index is 0.0782. The Bertz CT molecular complexity index is 847. The van der Waals surface area contributed by atoms with Gasteiger partial charge in [-0.05, 0) is 65.4 Å². The number of aryl methyl sites for hydroxylation is 2. The van der Waals surface area contributed by atoms with Crippen molar-refractivity contribution in [2.45, 2.75) is 42.9 Å². The summed E-state index contributed by atoms with van der Waals surface area (Å²) >= 11 is 4.82. The molecule has 0 fully saturated rings. The molecule has 1 unspecified atom stereocenters. The number of nitrogens with zero attached hydrogens (tertiary/aromatic N) is 2. The summed E-state index contributed by atoms with van der Waals surface area (Å²) < 4.78 is 0.844. The summed E-state index contributed by atoms with van der Waals surface area (Å²) in [5.74, 6) is -0.0782. The third-order valence-corrected chi connectivity index (χ3v) is 6.24. The van der Waals surface area contributed by atoms with Crippen molar-refractivity contribution in [2.75, 3.05) is 5.32 Å². The van der Waals surface area contributed by atoms with Gasteiger partial charge in [-0.15, -0.1) is 0 Å². The Morgan fingerprint density at radius 3 is 2.96 bits per heavy atom.